The molecule has 1 unspecified atom stereocenters. The number of methoxy groups -OCH3 is 1. The normalized spacial score (nSPS) is 16.7. The molecule has 1 aliphatic heterocycles. The number of carbonyl (C=O) groups is 1. The van der Waals surface area contributed by atoms with Crippen LogP contribution in [0.4, 0.5) is 0 Å². The average molecular weight is 567 g/mol. The lowest BCUT2D eigenvalue weighted by atomic mass is 9.82. The summed E-state index contributed by atoms with van der Waals surface area (Å²) in [5.74, 6) is 1.10. The van der Waals surface area contributed by atoms with Crippen LogP contribution in [0.15, 0.2) is 90.5 Å². The van der Waals surface area contributed by atoms with Crippen LogP contribution in [-0.2, 0) is 17.0 Å². The minimum atomic E-state index is -2.10. The van der Waals surface area contributed by atoms with E-state index in [2.05, 4.69) is 0 Å². The highest BCUT2D eigenvalue weighted by atomic mass is 16.7. The zero-order valence-corrected chi connectivity index (χ0v) is 23.3. The Kier molecular flexibility index (Phi) is 7.22. The van der Waals surface area contributed by atoms with Gasteiger partial charge in [0.25, 0.3) is 0 Å². The van der Waals surface area contributed by atoms with Crippen molar-refractivity contribution in [1.82, 2.24) is 0 Å². The molecule has 1 aliphatic carbocycles. The van der Waals surface area contributed by atoms with Gasteiger partial charge in [0.15, 0.2) is 17.1 Å². The SMILES string of the molecule is CCCOc1ccc2c(c1)C(O)(c1ccc(OC)cc1OCc1ccccc1)C(C(=O)O)=C2c1ccc2c(c1)OCO2. The molecule has 4 aromatic rings. The standard InChI is InChI=1S/C34H30O8/c1-3-15-39-24-10-12-25-27(17-24)34(37,32(33(35)36)31(25)22-9-14-28-30(16-22)42-20-41-28)26-13-11-23(38-2)18-29(26)40-19-21-7-5-4-6-8-21/h4-14,16-18,37H,3,15,19-20H2,1-2H3,(H,35,36). The first-order chi connectivity index (χ1) is 20.4. The molecule has 4 aromatic carbocycles. The van der Waals surface area contributed by atoms with E-state index in [0.29, 0.717) is 51.9 Å². The van der Waals surface area contributed by atoms with Gasteiger partial charge in [0.05, 0.1) is 19.3 Å². The molecule has 0 saturated heterocycles. The first-order valence-corrected chi connectivity index (χ1v) is 13.7. The maximum atomic E-state index is 13.2. The van der Waals surface area contributed by atoms with E-state index in [1.807, 2.05) is 37.3 Å². The van der Waals surface area contributed by atoms with E-state index in [4.69, 9.17) is 23.7 Å². The Morgan fingerprint density at radius 3 is 2.43 bits per heavy atom. The van der Waals surface area contributed by atoms with Crippen LogP contribution in [0.25, 0.3) is 5.57 Å². The number of carboxylic acid groups (broad SMARTS) is 1. The fourth-order valence-electron chi connectivity index (χ4n) is 5.48. The molecule has 0 radical (unpaired) electrons. The van der Waals surface area contributed by atoms with Crippen molar-refractivity contribution in [2.24, 2.45) is 0 Å². The van der Waals surface area contributed by atoms with Crippen LogP contribution in [0.3, 0.4) is 0 Å². The van der Waals surface area contributed by atoms with Crippen LogP contribution in [0.5, 0.6) is 28.7 Å². The monoisotopic (exact) mass is 566 g/mol. The van der Waals surface area contributed by atoms with Gasteiger partial charge < -0.3 is 33.9 Å². The average Bonchev–Trinajstić information content (AvgIpc) is 3.59. The third-order valence-electron chi connectivity index (χ3n) is 7.43. The minimum absolute atomic E-state index is 0.0796. The Balaban J connectivity index is 1.58. The molecule has 1 atom stereocenters. The van der Waals surface area contributed by atoms with Crippen molar-refractivity contribution < 1.29 is 38.7 Å². The zero-order valence-electron chi connectivity index (χ0n) is 23.3. The predicted molar refractivity (Wildman–Crippen MR) is 155 cm³/mol. The van der Waals surface area contributed by atoms with Gasteiger partial charge in [-0.3, -0.25) is 0 Å². The van der Waals surface area contributed by atoms with Gasteiger partial charge in [-0.25, -0.2) is 4.79 Å². The van der Waals surface area contributed by atoms with Gasteiger partial charge in [-0.1, -0.05) is 49.4 Å². The summed E-state index contributed by atoms with van der Waals surface area (Å²) < 4.78 is 28.7. The second kappa shape index (κ2) is 11.1. The highest BCUT2D eigenvalue weighted by Gasteiger charge is 2.51. The summed E-state index contributed by atoms with van der Waals surface area (Å²) in [5, 5.41) is 23.5. The third kappa shape index (κ3) is 4.69. The summed E-state index contributed by atoms with van der Waals surface area (Å²) >= 11 is 0. The number of aliphatic carboxylic acids is 1. The number of hydrogen-bond acceptors (Lipinski definition) is 7. The smallest absolute Gasteiger partial charge is 0.335 e. The lowest BCUT2D eigenvalue weighted by Crippen LogP contribution is -2.32. The van der Waals surface area contributed by atoms with E-state index in [1.54, 1.807) is 54.6 Å². The van der Waals surface area contributed by atoms with Crippen LogP contribution >= 0.6 is 0 Å². The summed E-state index contributed by atoms with van der Waals surface area (Å²) in [6, 6.07) is 25.1. The van der Waals surface area contributed by atoms with Crippen LogP contribution in [0.2, 0.25) is 0 Å². The minimum Gasteiger partial charge on any atom is -0.497 e. The fraction of sp³-hybridized carbons (Fsp3) is 0.206. The summed E-state index contributed by atoms with van der Waals surface area (Å²) in [5.41, 5.74) is 0.728. The second-order valence-corrected chi connectivity index (χ2v) is 10.0. The molecule has 0 fully saturated rings. The first kappa shape index (κ1) is 27.2. The summed E-state index contributed by atoms with van der Waals surface area (Å²) in [7, 11) is 1.53. The fourth-order valence-corrected chi connectivity index (χ4v) is 5.48. The van der Waals surface area contributed by atoms with Crippen molar-refractivity contribution in [2.45, 2.75) is 25.6 Å². The third-order valence-corrected chi connectivity index (χ3v) is 7.43. The van der Waals surface area contributed by atoms with Gasteiger partial charge >= 0.3 is 5.97 Å². The van der Waals surface area contributed by atoms with Crippen LogP contribution < -0.4 is 23.7 Å². The molecule has 0 saturated carbocycles. The van der Waals surface area contributed by atoms with Gasteiger partial charge in [-0.15, -0.1) is 0 Å². The molecule has 0 spiro atoms. The van der Waals surface area contributed by atoms with Crippen molar-refractivity contribution >= 4 is 11.5 Å². The first-order valence-electron chi connectivity index (χ1n) is 13.7. The van der Waals surface area contributed by atoms with E-state index < -0.39 is 11.6 Å². The summed E-state index contributed by atoms with van der Waals surface area (Å²) in [6.45, 7) is 2.75. The van der Waals surface area contributed by atoms with Crippen molar-refractivity contribution in [3.8, 4) is 28.7 Å². The Morgan fingerprint density at radius 1 is 0.881 bits per heavy atom. The predicted octanol–water partition coefficient (Wildman–Crippen LogP) is 5.93. The maximum absolute atomic E-state index is 13.2. The van der Waals surface area contributed by atoms with Gasteiger partial charge in [-0.05, 0) is 59.5 Å². The Hall–Kier alpha value is -4.95. The second-order valence-electron chi connectivity index (χ2n) is 10.0. The molecular weight excluding hydrogens is 536 g/mol. The lowest BCUT2D eigenvalue weighted by molar-refractivity contribution is -0.134. The molecule has 1 heterocycles. The maximum Gasteiger partial charge on any atom is 0.335 e. The van der Waals surface area contributed by atoms with E-state index >= 15 is 0 Å². The number of aliphatic hydroxyl groups is 1. The summed E-state index contributed by atoms with van der Waals surface area (Å²) in [6.07, 6.45) is 0.790. The molecule has 42 heavy (non-hydrogen) atoms. The zero-order chi connectivity index (χ0) is 29.3. The molecule has 0 aromatic heterocycles. The number of fused-ring (bicyclic) bond motifs is 2. The van der Waals surface area contributed by atoms with Gasteiger partial charge in [-0.2, -0.15) is 0 Å². The molecule has 0 amide bonds. The van der Waals surface area contributed by atoms with Gasteiger partial charge in [0.2, 0.25) is 6.79 Å². The number of rotatable bonds is 10. The highest BCUT2D eigenvalue weighted by molar-refractivity contribution is 6.08. The number of benzene rings is 4. The molecule has 8 nitrogen and oxygen atoms in total. The molecule has 2 N–H and O–H groups in total. The molecule has 2 aliphatic rings. The number of carboxylic acids is 1. The molecule has 8 heteroatoms. The van der Waals surface area contributed by atoms with Crippen molar-refractivity contribution in [3.63, 3.8) is 0 Å². The van der Waals surface area contributed by atoms with Gasteiger partial charge in [0.1, 0.15) is 23.9 Å². The number of hydrogen-bond donors (Lipinski definition) is 2. The van der Waals surface area contributed by atoms with Crippen molar-refractivity contribution in [1.29, 1.82) is 0 Å². The lowest BCUT2D eigenvalue weighted by Gasteiger charge is -2.29. The van der Waals surface area contributed by atoms with E-state index in [9.17, 15) is 15.0 Å². The van der Waals surface area contributed by atoms with Crippen LogP contribution in [0, 0.1) is 0 Å². The topological polar surface area (TPSA) is 104 Å². The highest BCUT2D eigenvalue weighted by Crippen LogP contribution is 2.55. The summed E-state index contributed by atoms with van der Waals surface area (Å²) in [4.78, 5) is 13.2. The number of ether oxygens (including phenoxy) is 5. The molecule has 0 bridgehead atoms. The van der Waals surface area contributed by atoms with Crippen LogP contribution in [0.1, 0.15) is 41.2 Å². The van der Waals surface area contributed by atoms with Crippen molar-refractivity contribution in [3.05, 3.63) is 118 Å². The Labute approximate surface area is 243 Å². The van der Waals surface area contributed by atoms with E-state index in [1.165, 1.54) is 7.11 Å². The molecule has 214 valence electrons. The van der Waals surface area contributed by atoms with Crippen LogP contribution in [-0.4, -0.2) is 36.7 Å². The van der Waals surface area contributed by atoms with Crippen molar-refractivity contribution in [2.75, 3.05) is 20.5 Å². The Bertz CT molecular complexity index is 1680. The molecule has 6 rings (SSSR count). The quantitative estimate of drug-likeness (QED) is 0.244. The molecular formula is C34H30O8. The van der Waals surface area contributed by atoms with E-state index in [-0.39, 0.29) is 30.3 Å². The largest absolute Gasteiger partial charge is 0.497 e. The van der Waals surface area contributed by atoms with E-state index in [0.717, 1.165) is 12.0 Å². The Morgan fingerprint density at radius 2 is 1.67 bits per heavy atom. The van der Waals surface area contributed by atoms with Gasteiger partial charge in [0, 0.05) is 22.8 Å².